The van der Waals surface area contributed by atoms with Crippen LogP contribution in [0.1, 0.15) is 26.2 Å². The van der Waals surface area contributed by atoms with Gasteiger partial charge in [-0.2, -0.15) is 0 Å². The van der Waals surface area contributed by atoms with Crippen LogP contribution in [0.5, 0.6) is 5.75 Å². The molecule has 1 aromatic rings. The summed E-state index contributed by atoms with van der Waals surface area (Å²) in [5, 5.41) is 11.7. The lowest BCUT2D eigenvalue weighted by Gasteiger charge is -2.17. The van der Waals surface area contributed by atoms with E-state index in [1.807, 2.05) is 0 Å². The van der Waals surface area contributed by atoms with E-state index in [1.54, 1.807) is 19.1 Å². The Morgan fingerprint density at radius 1 is 1.36 bits per heavy atom. The topological polar surface area (TPSA) is 75.6 Å². The Balaban J connectivity index is 1.77. The van der Waals surface area contributed by atoms with Crippen LogP contribution in [0.3, 0.4) is 0 Å². The molecule has 1 aliphatic carbocycles. The van der Waals surface area contributed by atoms with Crippen molar-refractivity contribution in [2.75, 3.05) is 6.54 Å². The molecule has 22 heavy (non-hydrogen) atoms. The smallest absolute Gasteiger partial charge is 0.306 e. The van der Waals surface area contributed by atoms with E-state index in [0.29, 0.717) is 19.3 Å². The van der Waals surface area contributed by atoms with Crippen LogP contribution in [0.15, 0.2) is 24.3 Å². The van der Waals surface area contributed by atoms with Crippen LogP contribution in [0.25, 0.3) is 0 Å². The molecule has 2 rings (SSSR count). The number of para-hydroxylation sites is 1. The van der Waals surface area contributed by atoms with Crippen LogP contribution in [0.2, 0.25) is 0 Å². The van der Waals surface area contributed by atoms with Crippen LogP contribution >= 0.6 is 0 Å². The van der Waals surface area contributed by atoms with E-state index in [-0.39, 0.29) is 30.2 Å². The molecule has 3 atom stereocenters. The van der Waals surface area contributed by atoms with E-state index in [4.69, 9.17) is 9.84 Å². The molecule has 1 unspecified atom stereocenters. The van der Waals surface area contributed by atoms with Gasteiger partial charge in [0.05, 0.1) is 12.5 Å². The van der Waals surface area contributed by atoms with Crippen molar-refractivity contribution in [2.45, 2.75) is 32.3 Å². The van der Waals surface area contributed by atoms with Gasteiger partial charge in [0.1, 0.15) is 6.10 Å². The van der Waals surface area contributed by atoms with Gasteiger partial charge < -0.3 is 15.2 Å². The average Bonchev–Trinajstić information content (AvgIpc) is 2.97. The molecule has 120 valence electrons. The molecular formula is C16H20FNO4. The molecule has 1 saturated carbocycles. The monoisotopic (exact) mass is 309 g/mol. The van der Waals surface area contributed by atoms with E-state index < -0.39 is 17.7 Å². The van der Waals surface area contributed by atoms with E-state index in [1.165, 1.54) is 12.1 Å². The first-order chi connectivity index (χ1) is 10.5. The van der Waals surface area contributed by atoms with Gasteiger partial charge in [-0.3, -0.25) is 9.59 Å². The molecule has 1 aromatic carbocycles. The highest BCUT2D eigenvalue weighted by Gasteiger charge is 2.33. The molecular weight excluding hydrogens is 289 g/mol. The summed E-state index contributed by atoms with van der Waals surface area (Å²) in [5.74, 6) is -1.99. The van der Waals surface area contributed by atoms with Crippen LogP contribution in [-0.4, -0.2) is 29.6 Å². The molecule has 0 bridgehead atoms. The van der Waals surface area contributed by atoms with Gasteiger partial charge in [0, 0.05) is 5.92 Å². The van der Waals surface area contributed by atoms with Gasteiger partial charge in [-0.15, -0.1) is 0 Å². The number of nitrogens with one attached hydrogen (secondary N) is 1. The number of carboxylic acid groups (broad SMARTS) is 1. The minimum Gasteiger partial charge on any atom is -0.486 e. The molecule has 0 heterocycles. The highest BCUT2D eigenvalue weighted by atomic mass is 19.1. The van der Waals surface area contributed by atoms with E-state index in [0.717, 1.165) is 0 Å². The molecule has 0 aliphatic heterocycles. The molecule has 0 aromatic heterocycles. The maximum absolute atomic E-state index is 13.4. The predicted octanol–water partition coefficient (Wildman–Crippen LogP) is 2.21. The quantitative estimate of drug-likeness (QED) is 0.845. The molecule has 0 spiro atoms. The summed E-state index contributed by atoms with van der Waals surface area (Å²) in [7, 11) is 0. The van der Waals surface area contributed by atoms with E-state index in [2.05, 4.69) is 5.32 Å². The fraction of sp³-hybridized carbons (Fsp3) is 0.500. The second-order valence-corrected chi connectivity index (χ2v) is 5.65. The number of halogens is 1. The summed E-state index contributed by atoms with van der Waals surface area (Å²) < 4.78 is 18.9. The van der Waals surface area contributed by atoms with Crippen molar-refractivity contribution >= 4 is 11.9 Å². The van der Waals surface area contributed by atoms with Crippen LogP contribution in [0, 0.1) is 17.7 Å². The Morgan fingerprint density at radius 2 is 2.05 bits per heavy atom. The zero-order chi connectivity index (χ0) is 16.1. The number of hydrogen-bond donors (Lipinski definition) is 2. The standard InChI is InChI=1S/C16H20FNO4/c1-10(22-14-5-3-2-4-13(14)17)9-18-15(19)11-6-7-12(8-11)16(20)21/h2-5,10-12H,6-9H2,1H3,(H,18,19)(H,20,21)/t10?,11-,12+/m1/s1. The largest absolute Gasteiger partial charge is 0.486 e. The zero-order valence-electron chi connectivity index (χ0n) is 12.4. The Hall–Kier alpha value is -2.11. The number of ether oxygens (including phenoxy) is 1. The minimum atomic E-state index is -0.841. The summed E-state index contributed by atoms with van der Waals surface area (Å²) in [6.07, 6.45) is 1.13. The van der Waals surface area contributed by atoms with Gasteiger partial charge in [0.15, 0.2) is 11.6 Å². The lowest BCUT2D eigenvalue weighted by atomic mass is 10.0. The number of rotatable bonds is 6. The fourth-order valence-corrected chi connectivity index (χ4v) is 2.63. The van der Waals surface area contributed by atoms with E-state index >= 15 is 0 Å². The number of carbonyl (C=O) groups is 2. The molecule has 2 N–H and O–H groups in total. The third-order valence-electron chi connectivity index (χ3n) is 3.88. The first kappa shape index (κ1) is 16.3. The zero-order valence-corrected chi connectivity index (χ0v) is 12.4. The van der Waals surface area contributed by atoms with Gasteiger partial charge in [-0.05, 0) is 38.3 Å². The Morgan fingerprint density at radius 3 is 2.68 bits per heavy atom. The molecule has 1 fully saturated rings. The second-order valence-electron chi connectivity index (χ2n) is 5.65. The van der Waals surface area contributed by atoms with E-state index in [9.17, 15) is 14.0 Å². The molecule has 0 radical (unpaired) electrons. The number of amides is 1. The van der Waals surface area contributed by atoms with Crippen LogP contribution < -0.4 is 10.1 Å². The fourth-order valence-electron chi connectivity index (χ4n) is 2.63. The summed E-state index contributed by atoms with van der Waals surface area (Å²) in [5.41, 5.74) is 0. The summed E-state index contributed by atoms with van der Waals surface area (Å²) in [6.45, 7) is 1.99. The predicted molar refractivity (Wildman–Crippen MR) is 78.0 cm³/mol. The third-order valence-corrected chi connectivity index (χ3v) is 3.88. The van der Waals surface area contributed by atoms with Gasteiger partial charge in [-0.25, -0.2) is 4.39 Å². The molecule has 0 saturated heterocycles. The van der Waals surface area contributed by atoms with Crippen molar-refractivity contribution in [2.24, 2.45) is 11.8 Å². The summed E-state index contributed by atoms with van der Waals surface area (Å²) in [6, 6.07) is 6.09. The second kappa shape index (κ2) is 7.24. The van der Waals surface area contributed by atoms with Crippen LogP contribution in [0.4, 0.5) is 4.39 Å². The normalized spacial score (nSPS) is 22.1. The highest BCUT2D eigenvalue weighted by Crippen LogP contribution is 2.31. The van der Waals surface area contributed by atoms with Gasteiger partial charge in [0.2, 0.25) is 5.91 Å². The number of carbonyl (C=O) groups excluding carboxylic acids is 1. The third kappa shape index (κ3) is 4.19. The molecule has 5 nitrogen and oxygen atoms in total. The highest BCUT2D eigenvalue weighted by molar-refractivity contribution is 5.80. The maximum Gasteiger partial charge on any atom is 0.306 e. The van der Waals surface area contributed by atoms with Crippen molar-refractivity contribution in [3.05, 3.63) is 30.1 Å². The number of hydrogen-bond acceptors (Lipinski definition) is 3. The van der Waals surface area contributed by atoms with Crippen molar-refractivity contribution in [1.29, 1.82) is 0 Å². The SMILES string of the molecule is CC(CNC(=O)[C@@H]1CC[C@H](C(=O)O)C1)Oc1ccccc1F. The van der Waals surface area contributed by atoms with Crippen molar-refractivity contribution in [3.63, 3.8) is 0 Å². The first-order valence-corrected chi connectivity index (χ1v) is 7.39. The molecule has 1 aliphatic rings. The van der Waals surface area contributed by atoms with Gasteiger partial charge in [0.25, 0.3) is 0 Å². The molecule has 1 amide bonds. The van der Waals surface area contributed by atoms with Crippen molar-refractivity contribution < 1.29 is 23.8 Å². The first-order valence-electron chi connectivity index (χ1n) is 7.39. The Kier molecular flexibility index (Phi) is 5.35. The van der Waals surface area contributed by atoms with Gasteiger partial charge in [-0.1, -0.05) is 12.1 Å². The number of aliphatic carboxylic acids is 1. The average molecular weight is 309 g/mol. The number of carboxylic acids is 1. The lowest BCUT2D eigenvalue weighted by molar-refractivity contribution is -0.141. The lowest BCUT2D eigenvalue weighted by Crippen LogP contribution is -2.37. The Labute approximate surface area is 128 Å². The number of benzene rings is 1. The Bertz CT molecular complexity index is 549. The molecule has 6 heteroatoms. The van der Waals surface area contributed by atoms with Crippen molar-refractivity contribution in [1.82, 2.24) is 5.32 Å². The minimum absolute atomic E-state index is 0.149. The summed E-state index contributed by atoms with van der Waals surface area (Å²) >= 11 is 0. The van der Waals surface area contributed by atoms with Crippen LogP contribution in [-0.2, 0) is 9.59 Å². The van der Waals surface area contributed by atoms with Gasteiger partial charge >= 0.3 is 5.97 Å². The summed E-state index contributed by atoms with van der Waals surface area (Å²) in [4.78, 5) is 22.9. The maximum atomic E-state index is 13.4. The van der Waals surface area contributed by atoms with Crippen molar-refractivity contribution in [3.8, 4) is 5.75 Å².